The number of nitrogens with zero attached hydrogens (tertiary/aromatic N) is 1. The Balaban J connectivity index is 2.92. The molecule has 0 aliphatic carbocycles. The minimum atomic E-state index is -3.86. The number of allylic oxidation sites excluding steroid dienone is 2. The van der Waals surface area contributed by atoms with Gasteiger partial charge in [-0.3, -0.25) is 19.1 Å². The Morgan fingerprint density at radius 3 is 2.36 bits per heavy atom. The van der Waals surface area contributed by atoms with Crippen LogP contribution < -0.4 is 15.4 Å². The molecule has 0 radical (unpaired) electrons. The van der Waals surface area contributed by atoms with Crippen molar-refractivity contribution in [2.45, 2.75) is 64.6 Å². The zero-order valence-electron chi connectivity index (χ0n) is 19.8. The maximum Gasteiger partial charge on any atom is 0.408 e. The van der Waals surface area contributed by atoms with E-state index in [0.29, 0.717) is 19.4 Å². The van der Waals surface area contributed by atoms with Crippen LogP contribution in [-0.4, -0.2) is 73.2 Å². The fourth-order valence-corrected chi connectivity index (χ4v) is 3.63. The maximum absolute atomic E-state index is 13.0. The second-order valence-corrected chi connectivity index (χ2v) is 10.7. The van der Waals surface area contributed by atoms with Gasteiger partial charge in [-0.15, -0.1) is 0 Å². The number of amides is 4. The Morgan fingerprint density at radius 2 is 1.82 bits per heavy atom. The number of hydrogen-bond acceptors (Lipinski definition) is 7. The predicted octanol–water partition coefficient (Wildman–Crippen LogP) is 0.585. The van der Waals surface area contributed by atoms with Gasteiger partial charge >= 0.3 is 6.09 Å². The SMILES string of the molecule is C=CC=C[C@](C)(NC(=O)[C@@H]1CCCN1C(=O)CNC(=O)OC(C)(C)C)C(=O)NS(=O)(=O)CC. The highest BCUT2D eigenvalue weighted by Crippen LogP contribution is 2.19. The molecular formula is C21H34N4O7S. The monoisotopic (exact) mass is 486 g/mol. The Labute approximate surface area is 195 Å². The molecule has 1 aliphatic rings. The number of carbonyl (C=O) groups excluding carboxylic acids is 4. The average Bonchev–Trinajstić information content (AvgIpc) is 3.19. The summed E-state index contributed by atoms with van der Waals surface area (Å²) in [5.74, 6) is -2.37. The number of carbonyl (C=O) groups is 4. The molecule has 0 aromatic carbocycles. The first-order valence-corrected chi connectivity index (χ1v) is 12.2. The van der Waals surface area contributed by atoms with Gasteiger partial charge in [0.05, 0.1) is 5.75 Å². The molecule has 4 amide bonds. The molecule has 1 fully saturated rings. The van der Waals surface area contributed by atoms with Crippen LogP contribution in [0.3, 0.4) is 0 Å². The number of likely N-dealkylation sites (tertiary alicyclic amines) is 1. The molecular weight excluding hydrogens is 452 g/mol. The fraction of sp³-hybridized carbons (Fsp3) is 0.619. The molecule has 1 aliphatic heterocycles. The van der Waals surface area contributed by atoms with E-state index in [1.807, 2.05) is 4.72 Å². The summed E-state index contributed by atoms with van der Waals surface area (Å²) in [6.07, 6.45) is 4.22. The zero-order valence-corrected chi connectivity index (χ0v) is 20.6. The van der Waals surface area contributed by atoms with Gasteiger partial charge in [-0.25, -0.2) is 13.2 Å². The van der Waals surface area contributed by atoms with Crippen LogP contribution in [0.5, 0.6) is 0 Å². The third-order valence-corrected chi connectivity index (χ3v) is 5.96. The van der Waals surface area contributed by atoms with Gasteiger partial charge in [0, 0.05) is 6.54 Å². The van der Waals surface area contributed by atoms with Crippen LogP contribution in [0.15, 0.2) is 24.8 Å². The summed E-state index contributed by atoms with van der Waals surface area (Å²) in [7, 11) is -3.86. The summed E-state index contributed by atoms with van der Waals surface area (Å²) in [5, 5.41) is 4.91. The Hall–Kier alpha value is -2.89. The van der Waals surface area contributed by atoms with E-state index in [9.17, 15) is 27.6 Å². The lowest BCUT2D eigenvalue weighted by molar-refractivity contribution is -0.139. The van der Waals surface area contributed by atoms with Crippen LogP contribution in [-0.2, 0) is 29.1 Å². The highest BCUT2D eigenvalue weighted by atomic mass is 32.2. The van der Waals surface area contributed by atoms with E-state index < -0.39 is 51.0 Å². The molecule has 0 bridgehead atoms. The number of alkyl carbamates (subject to hydrolysis) is 1. The van der Waals surface area contributed by atoms with Crippen molar-refractivity contribution in [1.29, 1.82) is 0 Å². The van der Waals surface area contributed by atoms with Crippen LogP contribution in [0.25, 0.3) is 0 Å². The molecule has 1 saturated heterocycles. The normalized spacial score (nSPS) is 18.3. The fourth-order valence-electron chi connectivity index (χ4n) is 2.99. The van der Waals surface area contributed by atoms with Crippen LogP contribution in [0.2, 0.25) is 0 Å². The minimum absolute atomic E-state index is 0.294. The Bertz CT molecular complexity index is 908. The van der Waals surface area contributed by atoms with Crippen LogP contribution in [0.1, 0.15) is 47.5 Å². The van der Waals surface area contributed by atoms with Crippen molar-refractivity contribution in [1.82, 2.24) is 20.3 Å². The van der Waals surface area contributed by atoms with Gasteiger partial charge in [-0.05, 0) is 47.5 Å². The van der Waals surface area contributed by atoms with E-state index in [4.69, 9.17) is 4.74 Å². The van der Waals surface area contributed by atoms with Crippen LogP contribution in [0.4, 0.5) is 4.79 Å². The highest BCUT2D eigenvalue weighted by molar-refractivity contribution is 7.90. The van der Waals surface area contributed by atoms with Gasteiger partial charge in [0.1, 0.15) is 23.7 Å². The summed E-state index contributed by atoms with van der Waals surface area (Å²) < 4.78 is 30.7. The summed E-state index contributed by atoms with van der Waals surface area (Å²) in [6.45, 7) is 11.2. The number of ether oxygens (including phenoxy) is 1. The lowest BCUT2D eigenvalue weighted by atomic mass is 9.99. The summed E-state index contributed by atoms with van der Waals surface area (Å²) in [6, 6.07) is -0.884. The van der Waals surface area contributed by atoms with Crippen LogP contribution >= 0.6 is 0 Å². The van der Waals surface area contributed by atoms with Crippen molar-refractivity contribution in [2.75, 3.05) is 18.8 Å². The third-order valence-electron chi connectivity index (χ3n) is 4.71. The van der Waals surface area contributed by atoms with E-state index in [1.165, 1.54) is 37.0 Å². The summed E-state index contributed by atoms with van der Waals surface area (Å²) in [4.78, 5) is 51.4. The molecule has 11 nitrogen and oxygen atoms in total. The average molecular weight is 487 g/mol. The predicted molar refractivity (Wildman–Crippen MR) is 122 cm³/mol. The smallest absolute Gasteiger partial charge is 0.408 e. The zero-order chi connectivity index (χ0) is 25.4. The van der Waals surface area contributed by atoms with Gasteiger partial charge in [0.2, 0.25) is 21.8 Å². The molecule has 0 unspecified atom stereocenters. The second-order valence-electron chi connectivity index (χ2n) is 8.72. The molecule has 0 aromatic heterocycles. The molecule has 1 heterocycles. The van der Waals surface area contributed by atoms with Crippen molar-refractivity contribution in [2.24, 2.45) is 0 Å². The molecule has 2 atom stereocenters. The molecule has 0 spiro atoms. The number of hydrogen-bond donors (Lipinski definition) is 3. The Kier molecular flexibility index (Phi) is 9.64. The van der Waals surface area contributed by atoms with Gasteiger partial charge in [0.15, 0.2) is 0 Å². The van der Waals surface area contributed by atoms with E-state index in [2.05, 4.69) is 17.2 Å². The van der Waals surface area contributed by atoms with Gasteiger partial charge in [-0.1, -0.05) is 24.8 Å². The summed E-state index contributed by atoms with van der Waals surface area (Å²) >= 11 is 0. The first-order chi connectivity index (χ1) is 15.1. The molecule has 12 heteroatoms. The summed E-state index contributed by atoms with van der Waals surface area (Å²) in [5.41, 5.74) is -2.43. The third kappa shape index (κ3) is 8.87. The van der Waals surface area contributed by atoms with E-state index in [-0.39, 0.29) is 12.3 Å². The lowest BCUT2D eigenvalue weighted by Crippen LogP contribution is -2.60. The lowest BCUT2D eigenvalue weighted by Gasteiger charge is -2.30. The van der Waals surface area contributed by atoms with Crippen molar-refractivity contribution in [3.63, 3.8) is 0 Å². The molecule has 3 N–H and O–H groups in total. The van der Waals surface area contributed by atoms with Crippen molar-refractivity contribution in [3.8, 4) is 0 Å². The van der Waals surface area contributed by atoms with Crippen LogP contribution in [0, 0.1) is 0 Å². The largest absolute Gasteiger partial charge is 0.444 e. The molecule has 0 aromatic rings. The van der Waals surface area contributed by atoms with Gasteiger partial charge < -0.3 is 20.3 Å². The molecule has 33 heavy (non-hydrogen) atoms. The first kappa shape index (κ1) is 28.1. The second kappa shape index (κ2) is 11.3. The first-order valence-electron chi connectivity index (χ1n) is 10.6. The molecule has 186 valence electrons. The topological polar surface area (TPSA) is 151 Å². The number of nitrogens with one attached hydrogen (secondary N) is 3. The van der Waals surface area contributed by atoms with Crippen molar-refractivity contribution < 1.29 is 32.3 Å². The van der Waals surface area contributed by atoms with Gasteiger partial charge in [-0.2, -0.15) is 0 Å². The van der Waals surface area contributed by atoms with E-state index in [1.54, 1.807) is 20.8 Å². The standard InChI is InChI=1S/C21H34N4O7S/c1-7-9-12-21(6,18(28)24-33(30,31)8-2)23-17(27)15-11-10-13-25(15)16(26)14-22-19(29)32-20(3,4)5/h7,9,12,15H,1,8,10-11,13-14H2,2-6H3,(H,22,29)(H,23,27)(H,24,28)/t15-,21-/m0/s1. The van der Waals surface area contributed by atoms with Crippen molar-refractivity contribution >= 4 is 33.8 Å². The maximum atomic E-state index is 13.0. The Morgan fingerprint density at radius 1 is 1.18 bits per heavy atom. The van der Waals surface area contributed by atoms with Gasteiger partial charge in [0.25, 0.3) is 5.91 Å². The molecule has 0 saturated carbocycles. The van der Waals surface area contributed by atoms with Crippen molar-refractivity contribution in [3.05, 3.63) is 24.8 Å². The molecule has 1 rings (SSSR count). The minimum Gasteiger partial charge on any atom is -0.444 e. The number of sulfonamides is 1. The quantitative estimate of drug-likeness (QED) is 0.403. The number of rotatable bonds is 9. The van der Waals surface area contributed by atoms with E-state index >= 15 is 0 Å². The van der Waals surface area contributed by atoms with E-state index in [0.717, 1.165) is 0 Å². The highest BCUT2D eigenvalue weighted by Gasteiger charge is 2.40.